The Morgan fingerprint density at radius 3 is 2.00 bits per heavy atom. The Morgan fingerprint density at radius 2 is 1.69 bits per heavy atom. The maximum absolute atomic E-state index is 12.7. The van der Waals surface area contributed by atoms with Gasteiger partial charge < -0.3 is 0 Å². The number of alkyl halides is 5. The molecule has 0 fully saturated rings. The number of rotatable bonds is 1. The molecule has 0 radical (unpaired) electrons. The summed E-state index contributed by atoms with van der Waals surface area (Å²) in [7, 11) is 0. The molecule has 0 heterocycles. The third-order valence-electron chi connectivity index (χ3n) is 1.66. The second-order valence-corrected chi connectivity index (χ2v) is 5.33. The molecule has 0 aliphatic heterocycles. The van der Waals surface area contributed by atoms with Crippen LogP contribution in [0.15, 0.2) is 20.9 Å². The van der Waals surface area contributed by atoms with Crippen molar-refractivity contribution in [1.29, 1.82) is 0 Å². The fourth-order valence-corrected chi connectivity index (χ4v) is 2.59. The predicted octanol–water partition coefficient (Wildman–Crippen LogP) is 2.57. The molecule has 0 aromatic rings. The van der Waals surface area contributed by atoms with Crippen molar-refractivity contribution in [3.8, 4) is 0 Å². The minimum atomic E-state index is -5.48. The summed E-state index contributed by atoms with van der Waals surface area (Å²) < 4.78 is 61.2. The van der Waals surface area contributed by atoms with Crippen molar-refractivity contribution < 1.29 is 22.0 Å². The van der Waals surface area contributed by atoms with Gasteiger partial charge >= 0.3 is 87.1 Å². The van der Waals surface area contributed by atoms with Gasteiger partial charge in [0.2, 0.25) is 0 Å². The molecule has 70 valence electrons. The average molecular weight is 387 g/mol. The van der Waals surface area contributed by atoms with E-state index >= 15 is 0 Å². The SMILES string of the molecule is FC(F)(F)C(F)(F)C1=[C]([Tl])CC=C1. The van der Waals surface area contributed by atoms with E-state index in [-0.39, 0.29) is 35.3 Å². The molecule has 0 amide bonds. The molecule has 0 saturated heterocycles. The summed E-state index contributed by atoms with van der Waals surface area (Å²) in [5.41, 5.74) is -0.843. The Bertz CT molecular complexity index is 273. The van der Waals surface area contributed by atoms with Crippen LogP contribution in [0.5, 0.6) is 0 Å². The van der Waals surface area contributed by atoms with Gasteiger partial charge in [-0.25, -0.2) is 0 Å². The molecular formula is C7H4F5Tl. The third kappa shape index (κ3) is 1.94. The number of halogens is 5. The van der Waals surface area contributed by atoms with Crippen LogP contribution in [0.4, 0.5) is 22.0 Å². The first-order chi connectivity index (χ1) is 5.77. The monoisotopic (exact) mass is 388 g/mol. The van der Waals surface area contributed by atoms with Crippen LogP contribution in [-0.2, 0) is 0 Å². The van der Waals surface area contributed by atoms with Gasteiger partial charge in [0, 0.05) is 0 Å². The minimum absolute atomic E-state index is 0.0308. The summed E-state index contributed by atoms with van der Waals surface area (Å²) in [6, 6.07) is 0. The molecule has 6 heteroatoms. The zero-order valence-corrected chi connectivity index (χ0v) is 10.8. The molecule has 0 atom stereocenters. The Hall–Kier alpha value is 0.0521. The zero-order valence-electron chi connectivity index (χ0n) is 6.33. The molecule has 0 N–H and O–H groups in total. The van der Waals surface area contributed by atoms with Crippen molar-refractivity contribution >= 4 is 25.8 Å². The summed E-state index contributed by atoms with van der Waals surface area (Å²) in [5.74, 6) is -4.68. The van der Waals surface area contributed by atoms with E-state index in [0.29, 0.717) is 0 Å². The van der Waals surface area contributed by atoms with Crippen LogP contribution in [-0.4, -0.2) is 37.9 Å². The van der Waals surface area contributed by atoms with Crippen LogP contribution in [0, 0.1) is 0 Å². The van der Waals surface area contributed by atoms with Gasteiger partial charge in [-0.05, 0) is 0 Å². The van der Waals surface area contributed by atoms with Crippen molar-refractivity contribution in [3.63, 3.8) is 0 Å². The van der Waals surface area contributed by atoms with Gasteiger partial charge in [-0.1, -0.05) is 0 Å². The molecule has 0 aromatic carbocycles. The quantitative estimate of drug-likeness (QED) is 0.479. The van der Waals surface area contributed by atoms with Crippen LogP contribution in [0.3, 0.4) is 0 Å². The van der Waals surface area contributed by atoms with E-state index in [1.165, 1.54) is 6.08 Å². The first-order valence-corrected chi connectivity index (χ1v) is 5.61. The molecule has 0 bridgehead atoms. The summed E-state index contributed by atoms with van der Waals surface area (Å²) >= 11 is 0.0308. The van der Waals surface area contributed by atoms with E-state index in [4.69, 9.17) is 0 Å². The predicted molar refractivity (Wildman–Crippen MR) is 37.5 cm³/mol. The second-order valence-electron chi connectivity index (χ2n) is 2.62. The van der Waals surface area contributed by atoms with Gasteiger partial charge in [0.05, 0.1) is 0 Å². The summed E-state index contributed by atoms with van der Waals surface area (Å²) in [4.78, 5) is 0. The van der Waals surface area contributed by atoms with Gasteiger partial charge in [0.1, 0.15) is 0 Å². The Labute approximate surface area is 87.2 Å². The van der Waals surface area contributed by atoms with E-state index < -0.39 is 17.7 Å². The van der Waals surface area contributed by atoms with Gasteiger partial charge in [-0.2, -0.15) is 0 Å². The van der Waals surface area contributed by atoms with Crippen molar-refractivity contribution in [1.82, 2.24) is 0 Å². The molecule has 1 aliphatic rings. The van der Waals surface area contributed by atoms with E-state index in [1.807, 2.05) is 0 Å². The molecule has 0 aromatic heterocycles. The van der Waals surface area contributed by atoms with Gasteiger partial charge in [0.25, 0.3) is 0 Å². The Kier molecular flexibility index (Phi) is 2.84. The van der Waals surface area contributed by atoms with Crippen LogP contribution in [0.1, 0.15) is 6.42 Å². The van der Waals surface area contributed by atoms with E-state index in [0.717, 1.165) is 6.08 Å². The van der Waals surface area contributed by atoms with Gasteiger partial charge in [0.15, 0.2) is 0 Å². The number of allylic oxidation sites excluding steroid dienone is 4. The van der Waals surface area contributed by atoms with Crippen LogP contribution >= 0.6 is 0 Å². The van der Waals surface area contributed by atoms with Crippen LogP contribution in [0.25, 0.3) is 0 Å². The van der Waals surface area contributed by atoms with Crippen molar-refractivity contribution in [2.24, 2.45) is 0 Å². The second kappa shape index (κ2) is 3.32. The number of hydrogen-bond acceptors (Lipinski definition) is 0. The fourth-order valence-electron chi connectivity index (χ4n) is 0.980. The topological polar surface area (TPSA) is 0 Å². The molecule has 0 saturated carbocycles. The van der Waals surface area contributed by atoms with E-state index in [2.05, 4.69) is 0 Å². The molecular weight excluding hydrogens is 383 g/mol. The van der Waals surface area contributed by atoms with Crippen molar-refractivity contribution in [2.75, 3.05) is 0 Å². The standard InChI is InChI=1S/C7H4F5.Tl/c8-6(9,7(10,11)12)5-3-1-2-4-5;/h1,3H,2H2;. The molecule has 0 nitrogen and oxygen atoms in total. The summed E-state index contributed by atoms with van der Waals surface area (Å²) in [6.45, 7) is 0. The summed E-state index contributed by atoms with van der Waals surface area (Å²) in [5, 5.41) is 0. The van der Waals surface area contributed by atoms with Gasteiger partial charge in [-0.3, -0.25) is 0 Å². The fraction of sp³-hybridized carbons (Fsp3) is 0.429. The molecule has 13 heavy (non-hydrogen) atoms. The van der Waals surface area contributed by atoms with Crippen LogP contribution < -0.4 is 0 Å². The normalized spacial score (nSPS) is 18.5. The first-order valence-electron chi connectivity index (χ1n) is 3.37. The Morgan fingerprint density at radius 1 is 1.15 bits per heavy atom. The average Bonchev–Trinajstić information content (AvgIpc) is 2.32. The van der Waals surface area contributed by atoms with E-state index in [9.17, 15) is 22.0 Å². The summed E-state index contributed by atoms with van der Waals surface area (Å²) in [6.07, 6.45) is -3.02. The first kappa shape index (κ1) is 11.1. The Balaban J connectivity index is 3.07. The molecule has 1 aliphatic carbocycles. The van der Waals surface area contributed by atoms with Crippen molar-refractivity contribution in [3.05, 3.63) is 20.9 Å². The van der Waals surface area contributed by atoms with Crippen molar-refractivity contribution in [2.45, 2.75) is 18.5 Å². The maximum atomic E-state index is 12.7. The molecule has 1 rings (SSSR count). The van der Waals surface area contributed by atoms with E-state index in [1.54, 1.807) is 0 Å². The molecule has 0 unspecified atom stereocenters. The number of hydrogen-bond donors (Lipinski definition) is 0. The van der Waals surface area contributed by atoms with Gasteiger partial charge in [-0.15, -0.1) is 0 Å². The molecule has 0 spiro atoms. The zero-order chi connectivity index (χ0) is 10.3. The third-order valence-corrected chi connectivity index (χ3v) is 3.79. The van der Waals surface area contributed by atoms with Crippen LogP contribution in [0.2, 0.25) is 0 Å².